The number of benzene rings is 1. The quantitative estimate of drug-likeness (QED) is 0.830. The molecule has 5 heteroatoms. The zero-order valence-corrected chi connectivity index (χ0v) is 10.7. The molecule has 1 unspecified atom stereocenters. The van der Waals surface area contributed by atoms with Gasteiger partial charge in [-0.15, -0.1) is 0 Å². The molecule has 1 atom stereocenters. The Morgan fingerprint density at radius 1 is 1.47 bits per heavy atom. The molecule has 0 aliphatic heterocycles. The predicted molar refractivity (Wildman–Crippen MR) is 66.8 cm³/mol. The van der Waals surface area contributed by atoms with Crippen molar-refractivity contribution in [1.82, 2.24) is 4.72 Å². The van der Waals surface area contributed by atoms with Gasteiger partial charge in [0.2, 0.25) is 10.0 Å². The van der Waals surface area contributed by atoms with Crippen LogP contribution in [0, 0.1) is 5.92 Å². The van der Waals surface area contributed by atoms with Gasteiger partial charge in [0.15, 0.2) is 0 Å². The molecule has 1 saturated carbocycles. The minimum Gasteiger partial charge on any atom is -0.326 e. The van der Waals surface area contributed by atoms with Gasteiger partial charge >= 0.3 is 0 Å². The second-order valence-corrected chi connectivity index (χ2v) is 6.31. The van der Waals surface area contributed by atoms with Gasteiger partial charge in [0.05, 0.1) is 4.90 Å². The number of nitrogens with two attached hydrogens (primary N) is 1. The Balaban J connectivity index is 2.18. The first-order valence-electron chi connectivity index (χ1n) is 5.84. The van der Waals surface area contributed by atoms with Crippen molar-refractivity contribution < 1.29 is 8.42 Å². The smallest absolute Gasteiger partial charge is 0.240 e. The SMILES string of the molecule is CC(NS(=O)(=O)c1cccc(CN)c1)C1CC1. The Hall–Kier alpha value is -0.910. The molecule has 17 heavy (non-hydrogen) atoms. The molecule has 4 nitrogen and oxygen atoms in total. The van der Waals surface area contributed by atoms with E-state index >= 15 is 0 Å². The minimum atomic E-state index is -3.40. The van der Waals surface area contributed by atoms with E-state index in [0.29, 0.717) is 17.4 Å². The average molecular weight is 254 g/mol. The van der Waals surface area contributed by atoms with Gasteiger partial charge in [-0.05, 0) is 43.4 Å². The molecule has 1 fully saturated rings. The summed E-state index contributed by atoms with van der Waals surface area (Å²) in [4.78, 5) is 0.299. The van der Waals surface area contributed by atoms with Gasteiger partial charge < -0.3 is 5.73 Å². The largest absolute Gasteiger partial charge is 0.326 e. The van der Waals surface area contributed by atoms with Crippen molar-refractivity contribution in [3.05, 3.63) is 29.8 Å². The first kappa shape index (κ1) is 12.5. The number of hydrogen-bond acceptors (Lipinski definition) is 3. The summed E-state index contributed by atoms with van der Waals surface area (Å²) in [5.74, 6) is 0.502. The number of sulfonamides is 1. The summed E-state index contributed by atoms with van der Waals surface area (Å²) in [7, 11) is -3.40. The van der Waals surface area contributed by atoms with Crippen LogP contribution in [0.1, 0.15) is 25.3 Å². The van der Waals surface area contributed by atoms with Crippen LogP contribution >= 0.6 is 0 Å². The fraction of sp³-hybridized carbons (Fsp3) is 0.500. The van der Waals surface area contributed by atoms with Crippen LogP contribution < -0.4 is 10.5 Å². The van der Waals surface area contributed by atoms with Crippen molar-refractivity contribution in [2.24, 2.45) is 11.7 Å². The Morgan fingerprint density at radius 2 is 2.18 bits per heavy atom. The highest BCUT2D eigenvalue weighted by Crippen LogP contribution is 2.33. The summed E-state index contributed by atoms with van der Waals surface area (Å²) >= 11 is 0. The maximum atomic E-state index is 12.1. The molecular formula is C12H18N2O2S. The lowest BCUT2D eigenvalue weighted by molar-refractivity contribution is 0.538. The topological polar surface area (TPSA) is 72.2 Å². The Morgan fingerprint density at radius 3 is 2.76 bits per heavy atom. The van der Waals surface area contributed by atoms with E-state index in [1.54, 1.807) is 18.2 Å². The van der Waals surface area contributed by atoms with E-state index in [1.165, 1.54) is 0 Å². The fourth-order valence-electron chi connectivity index (χ4n) is 1.84. The molecular weight excluding hydrogens is 236 g/mol. The summed E-state index contributed by atoms with van der Waals surface area (Å²) in [6, 6.07) is 6.78. The molecule has 1 aliphatic carbocycles. The van der Waals surface area contributed by atoms with E-state index in [2.05, 4.69) is 4.72 Å². The third-order valence-corrected chi connectivity index (χ3v) is 4.67. The van der Waals surface area contributed by atoms with Crippen molar-refractivity contribution in [2.45, 2.75) is 37.2 Å². The monoisotopic (exact) mass is 254 g/mol. The van der Waals surface area contributed by atoms with E-state index in [0.717, 1.165) is 18.4 Å². The molecule has 0 bridgehead atoms. The van der Waals surface area contributed by atoms with Crippen molar-refractivity contribution in [3.63, 3.8) is 0 Å². The third kappa shape index (κ3) is 3.06. The average Bonchev–Trinajstić information content (AvgIpc) is 3.12. The number of nitrogens with one attached hydrogen (secondary N) is 1. The van der Waals surface area contributed by atoms with E-state index < -0.39 is 10.0 Å². The first-order valence-corrected chi connectivity index (χ1v) is 7.32. The zero-order chi connectivity index (χ0) is 12.5. The van der Waals surface area contributed by atoms with Crippen molar-refractivity contribution in [3.8, 4) is 0 Å². The van der Waals surface area contributed by atoms with Crippen LogP contribution in [0.2, 0.25) is 0 Å². The van der Waals surface area contributed by atoms with Gasteiger partial charge in [-0.25, -0.2) is 13.1 Å². The predicted octanol–water partition coefficient (Wildman–Crippen LogP) is 1.22. The van der Waals surface area contributed by atoms with Crippen LogP contribution in [0.4, 0.5) is 0 Å². The summed E-state index contributed by atoms with van der Waals surface area (Å²) in [5.41, 5.74) is 6.33. The first-order chi connectivity index (χ1) is 8.03. The highest BCUT2D eigenvalue weighted by molar-refractivity contribution is 7.89. The van der Waals surface area contributed by atoms with Crippen LogP contribution in [-0.2, 0) is 16.6 Å². The molecule has 0 radical (unpaired) electrons. The van der Waals surface area contributed by atoms with E-state index in [-0.39, 0.29) is 6.04 Å². The maximum Gasteiger partial charge on any atom is 0.240 e. The lowest BCUT2D eigenvalue weighted by atomic mass is 10.2. The second kappa shape index (κ2) is 4.76. The fourth-order valence-corrected chi connectivity index (χ4v) is 3.23. The summed E-state index contributed by atoms with van der Waals surface area (Å²) in [6.07, 6.45) is 2.24. The van der Waals surface area contributed by atoms with Gasteiger partial charge in [-0.3, -0.25) is 0 Å². The normalized spacial score (nSPS) is 18.0. The number of hydrogen-bond donors (Lipinski definition) is 2. The highest BCUT2D eigenvalue weighted by Gasteiger charge is 2.31. The van der Waals surface area contributed by atoms with Crippen LogP contribution in [0.25, 0.3) is 0 Å². The maximum absolute atomic E-state index is 12.1. The molecule has 94 valence electrons. The van der Waals surface area contributed by atoms with Gasteiger partial charge in [-0.2, -0.15) is 0 Å². The molecule has 1 aromatic rings. The molecule has 2 rings (SSSR count). The minimum absolute atomic E-state index is 0.0153. The summed E-state index contributed by atoms with van der Waals surface area (Å²) in [6.45, 7) is 2.27. The zero-order valence-electron chi connectivity index (χ0n) is 9.89. The van der Waals surface area contributed by atoms with E-state index in [9.17, 15) is 8.42 Å². The molecule has 0 saturated heterocycles. The van der Waals surface area contributed by atoms with Crippen molar-refractivity contribution in [2.75, 3.05) is 0 Å². The standard InChI is InChI=1S/C12H18N2O2S/c1-9(11-5-6-11)14-17(15,16)12-4-2-3-10(7-12)8-13/h2-4,7,9,11,14H,5-6,8,13H2,1H3. The Bertz CT molecular complexity index is 495. The third-order valence-electron chi connectivity index (χ3n) is 3.11. The molecule has 3 N–H and O–H groups in total. The van der Waals surface area contributed by atoms with E-state index in [4.69, 9.17) is 5.73 Å². The van der Waals surface area contributed by atoms with Gasteiger partial charge in [0.1, 0.15) is 0 Å². The van der Waals surface area contributed by atoms with Crippen LogP contribution in [-0.4, -0.2) is 14.5 Å². The Labute approximate surface area is 102 Å². The summed E-state index contributed by atoms with van der Waals surface area (Å²) < 4.78 is 26.9. The van der Waals surface area contributed by atoms with Crippen LogP contribution in [0.15, 0.2) is 29.2 Å². The van der Waals surface area contributed by atoms with Crippen LogP contribution in [0.3, 0.4) is 0 Å². The molecule has 1 aliphatic rings. The summed E-state index contributed by atoms with van der Waals surface area (Å²) in [5, 5.41) is 0. The lowest BCUT2D eigenvalue weighted by Gasteiger charge is -2.13. The molecule has 0 amide bonds. The van der Waals surface area contributed by atoms with Gasteiger partial charge in [0, 0.05) is 12.6 Å². The number of rotatable bonds is 5. The molecule has 0 heterocycles. The molecule has 0 aromatic heterocycles. The Kier molecular flexibility index (Phi) is 3.51. The van der Waals surface area contributed by atoms with Crippen molar-refractivity contribution >= 4 is 10.0 Å². The lowest BCUT2D eigenvalue weighted by Crippen LogP contribution is -2.34. The molecule has 0 spiro atoms. The second-order valence-electron chi connectivity index (χ2n) is 4.60. The molecule has 1 aromatic carbocycles. The van der Waals surface area contributed by atoms with Gasteiger partial charge in [-0.1, -0.05) is 12.1 Å². The van der Waals surface area contributed by atoms with Crippen LogP contribution in [0.5, 0.6) is 0 Å². The van der Waals surface area contributed by atoms with E-state index in [1.807, 2.05) is 13.0 Å². The van der Waals surface area contributed by atoms with Crippen molar-refractivity contribution in [1.29, 1.82) is 0 Å². The highest BCUT2D eigenvalue weighted by atomic mass is 32.2. The van der Waals surface area contributed by atoms with Gasteiger partial charge in [0.25, 0.3) is 0 Å².